The predicted molar refractivity (Wildman–Crippen MR) is 78.0 cm³/mol. The molecule has 0 aromatic carbocycles. The Bertz CT molecular complexity index is 448. The van der Waals surface area contributed by atoms with E-state index in [-0.39, 0.29) is 5.54 Å². The minimum Gasteiger partial charge on any atom is -0.360 e. The smallest absolute Gasteiger partial charge is 0.157 e. The predicted octanol–water partition coefficient (Wildman–Crippen LogP) is 2.34. The molecule has 1 saturated heterocycles. The Kier molecular flexibility index (Phi) is 4.00. The van der Waals surface area contributed by atoms with Crippen molar-refractivity contribution in [3.63, 3.8) is 0 Å². The molecule has 0 amide bonds. The highest BCUT2D eigenvalue weighted by Gasteiger charge is 2.24. The van der Waals surface area contributed by atoms with E-state index in [1.807, 2.05) is 23.5 Å². The first kappa shape index (κ1) is 13.5. The van der Waals surface area contributed by atoms with Gasteiger partial charge in [0.05, 0.1) is 12.2 Å². The van der Waals surface area contributed by atoms with E-state index in [0.717, 1.165) is 29.6 Å². The van der Waals surface area contributed by atoms with Gasteiger partial charge in [-0.15, -0.1) is 0 Å². The molecule has 2 rings (SSSR count). The zero-order valence-corrected chi connectivity index (χ0v) is 12.5. The van der Waals surface area contributed by atoms with Crippen LogP contribution in [0.2, 0.25) is 0 Å². The van der Waals surface area contributed by atoms with E-state index < -0.39 is 0 Å². The second-order valence-electron chi connectivity index (χ2n) is 5.36. The van der Waals surface area contributed by atoms with Crippen LogP contribution in [0.5, 0.6) is 0 Å². The molecule has 0 saturated carbocycles. The van der Waals surface area contributed by atoms with E-state index in [0.29, 0.717) is 0 Å². The molecule has 0 radical (unpaired) electrons. The van der Waals surface area contributed by atoms with Crippen LogP contribution in [0, 0.1) is 0 Å². The molecule has 4 nitrogen and oxygen atoms in total. The number of aliphatic imine (C=N–C) groups is 1. The van der Waals surface area contributed by atoms with Crippen molar-refractivity contribution >= 4 is 16.9 Å². The van der Waals surface area contributed by atoms with Crippen LogP contribution in [0.4, 0.5) is 0 Å². The molecule has 0 bridgehead atoms. The Morgan fingerprint density at radius 2 is 2.33 bits per heavy atom. The third kappa shape index (κ3) is 3.28. The van der Waals surface area contributed by atoms with E-state index in [4.69, 9.17) is 0 Å². The van der Waals surface area contributed by atoms with Gasteiger partial charge in [-0.05, 0) is 26.7 Å². The first-order chi connectivity index (χ1) is 8.50. The average molecular weight is 266 g/mol. The first-order valence-electron chi connectivity index (χ1n) is 6.47. The molecule has 1 fully saturated rings. The summed E-state index contributed by atoms with van der Waals surface area (Å²) in [5.41, 5.74) is 2.56. The summed E-state index contributed by atoms with van der Waals surface area (Å²) in [5, 5.41) is 9.00. The molecule has 1 aromatic heterocycles. The quantitative estimate of drug-likeness (QED) is 0.913. The molecule has 2 heterocycles. The number of aromatic nitrogens is 2. The number of hydrogen-bond donors (Lipinski definition) is 1. The molecule has 18 heavy (non-hydrogen) atoms. The van der Waals surface area contributed by atoms with Gasteiger partial charge in [0.15, 0.2) is 5.17 Å². The lowest BCUT2D eigenvalue weighted by Gasteiger charge is -2.32. The second-order valence-corrected chi connectivity index (χ2v) is 6.44. The molecule has 0 unspecified atom stereocenters. The van der Waals surface area contributed by atoms with Gasteiger partial charge in [-0.25, -0.2) is 0 Å². The van der Waals surface area contributed by atoms with Crippen LogP contribution in [0.3, 0.4) is 0 Å². The fourth-order valence-corrected chi connectivity index (χ4v) is 3.36. The first-order valence-corrected chi connectivity index (χ1v) is 7.45. The van der Waals surface area contributed by atoms with E-state index in [1.165, 1.54) is 12.0 Å². The highest BCUT2D eigenvalue weighted by atomic mass is 32.2. The van der Waals surface area contributed by atoms with Crippen LogP contribution in [-0.2, 0) is 20.0 Å². The van der Waals surface area contributed by atoms with E-state index >= 15 is 0 Å². The van der Waals surface area contributed by atoms with Crippen molar-refractivity contribution in [1.29, 1.82) is 0 Å². The lowest BCUT2D eigenvalue weighted by atomic mass is 10.0. The molecule has 1 aliphatic rings. The number of thioether (sulfide) groups is 1. The van der Waals surface area contributed by atoms with Crippen LogP contribution < -0.4 is 5.32 Å². The Morgan fingerprint density at radius 3 is 3.00 bits per heavy atom. The topological polar surface area (TPSA) is 42.2 Å². The second kappa shape index (κ2) is 5.34. The van der Waals surface area contributed by atoms with Gasteiger partial charge in [0.2, 0.25) is 0 Å². The van der Waals surface area contributed by atoms with Crippen LogP contribution in [0.1, 0.15) is 38.4 Å². The maximum atomic E-state index is 4.69. The SMILES string of the molecule is CCc1nn(C)cc1CN=C1NC(C)(C)CCS1. The summed E-state index contributed by atoms with van der Waals surface area (Å²) in [5.74, 6) is 1.15. The van der Waals surface area contributed by atoms with Crippen LogP contribution >= 0.6 is 11.8 Å². The molecular weight excluding hydrogens is 244 g/mol. The monoisotopic (exact) mass is 266 g/mol. The van der Waals surface area contributed by atoms with Crippen LogP contribution in [0.25, 0.3) is 0 Å². The largest absolute Gasteiger partial charge is 0.360 e. The van der Waals surface area contributed by atoms with Gasteiger partial charge >= 0.3 is 0 Å². The molecule has 100 valence electrons. The number of amidine groups is 1. The highest BCUT2D eigenvalue weighted by Crippen LogP contribution is 2.22. The summed E-state index contributed by atoms with van der Waals surface area (Å²) in [7, 11) is 1.96. The molecule has 1 aliphatic heterocycles. The summed E-state index contributed by atoms with van der Waals surface area (Å²) in [4.78, 5) is 4.69. The Labute approximate surface area is 113 Å². The molecule has 0 aliphatic carbocycles. The minimum absolute atomic E-state index is 0.173. The van der Waals surface area contributed by atoms with E-state index in [2.05, 4.69) is 42.4 Å². The zero-order chi connectivity index (χ0) is 13.2. The van der Waals surface area contributed by atoms with Crippen molar-refractivity contribution in [3.8, 4) is 0 Å². The van der Waals surface area contributed by atoms with Gasteiger partial charge < -0.3 is 5.32 Å². The van der Waals surface area contributed by atoms with Gasteiger partial charge in [0, 0.05) is 30.1 Å². The molecule has 1 aromatic rings. The lowest BCUT2D eigenvalue weighted by Crippen LogP contribution is -2.46. The molecule has 0 atom stereocenters. The van der Waals surface area contributed by atoms with Gasteiger partial charge in [-0.2, -0.15) is 5.10 Å². The molecule has 1 N–H and O–H groups in total. The highest BCUT2D eigenvalue weighted by molar-refractivity contribution is 8.13. The standard InChI is InChI=1S/C13H22N4S/c1-5-11-10(9-17(4)16-11)8-14-12-15-13(2,3)6-7-18-12/h9H,5-8H2,1-4H3,(H,14,15). The number of hydrogen-bond acceptors (Lipinski definition) is 3. The van der Waals surface area contributed by atoms with Crippen molar-refractivity contribution in [2.45, 2.75) is 45.7 Å². The fraction of sp³-hybridized carbons (Fsp3) is 0.692. The number of nitrogens with one attached hydrogen (secondary N) is 1. The number of rotatable bonds is 3. The minimum atomic E-state index is 0.173. The van der Waals surface area contributed by atoms with Crippen molar-refractivity contribution in [1.82, 2.24) is 15.1 Å². The molecule has 0 spiro atoms. The van der Waals surface area contributed by atoms with Crippen molar-refractivity contribution in [3.05, 3.63) is 17.5 Å². The Hall–Kier alpha value is -0.970. The number of aryl methyl sites for hydroxylation is 2. The average Bonchev–Trinajstić information content (AvgIpc) is 2.66. The van der Waals surface area contributed by atoms with E-state index in [9.17, 15) is 0 Å². The van der Waals surface area contributed by atoms with Crippen molar-refractivity contribution in [2.24, 2.45) is 12.0 Å². The van der Waals surface area contributed by atoms with Gasteiger partial charge in [0.25, 0.3) is 0 Å². The third-order valence-corrected chi connectivity index (χ3v) is 4.04. The van der Waals surface area contributed by atoms with Crippen LogP contribution in [-0.4, -0.2) is 26.2 Å². The normalized spacial score (nSPS) is 21.0. The molecular formula is C13H22N4S. The van der Waals surface area contributed by atoms with Gasteiger partial charge in [0.1, 0.15) is 0 Å². The summed E-state index contributed by atoms with van der Waals surface area (Å²) in [6.07, 6.45) is 4.22. The summed E-state index contributed by atoms with van der Waals surface area (Å²) < 4.78 is 1.87. The fourth-order valence-electron chi connectivity index (χ4n) is 2.05. The molecule has 5 heteroatoms. The summed E-state index contributed by atoms with van der Waals surface area (Å²) in [6, 6.07) is 0. The maximum absolute atomic E-state index is 4.69. The van der Waals surface area contributed by atoms with E-state index in [1.54, 1.807) is 0 Å². The van der Waals surface area contributed by atoms with Crippen LogP contribution in [0.15, 0.2) is 11.2 Å². The summed E-state index contributed by atoms with van der Waals surface area (Å²) >= 11 is 1.82. The van der Waals surface area contributed by atoms with Gasteiger partial charge in [-0.1, -0.05) is 18.7 Å². The Morgan fingerprint density at radius 1 is 1.56 bits per heavy atom. The zero-order valence-electron chi connectivity index (χ0n) is 11.7. The maximum Gasteiger partial charge on any atom is 0.157 e. The van der Waals surface area contributed by atoms with Crippen molar-refractivity contribution < 1.29 is 0 Å². The number of nitrogens with zero attached hydrogens (tertiary/aromatic N) is 3. The third-order valence-electron chi connectivity index (χ3n) is 3.13. The van der Waals surface area contributed by atoms with Gasteiger partial charge in [-0.3, -0.25) is 9.67 Å². The summed E-state index contributed by atoms with van der Waals surface area (Å²) in [6.45, 7) is 7.31. The Balaban J connectivity index is 2.05. The van der Waals surface area contributed by atoms with Crippen molar-refractivity contribution in [2.75, 3.05) is 5.75 Å². The lowest BCUT2D eigenvalue weighted by molar-refractivity contribution is 0.446.